The molecule has 8 heterocycles. The molecule has 70 heavy (non-hydrogen) atoms. The Kier molecular flexibility index (Phi) is 12.9. The minimum absolute atomic E-state index is 0.0775. The van der Waals surface area contributed by atoms with Crippen LogP contribution in [0.4, 0.5) is 11.4 Å². The summed E-state index contributed by atoms with van der Waals surface area (Å²) in [5.41, 5.74) is 10.3. The number of pyridine rings is 2. The van der Waals surface area contributed by atoms with Gasteiger partial charge in [0.05, 0.1) is 32.2 Å². The number of aromatic nitrogens is 2. The number of aryl methyl sites for hydroxylation is 2. The molecule has 0 radical (unpaired) electrons. The molecule has 0 fully saturated rings. The molecule has 0 bridgehead atoms. The number of ether oxygens (including phenoxy) is 2. The van der Waals surface area contributed by atoms with E-state index in [1.807, 2.05) is 23.5 Å². The highest BCUT2D eigenvalue weighted by atomic mass is 32.2. The largest absolute Gasteiger partial charge is 0.485 e. The first-order valence-corrected chi connectivity index (χ1v) is 27.6. The molecule has 0 spiro atoms. The van der Waals surface area contributed by atoms with Gasteiger partial charge >= 0.3 is 0 Å². The topological polar surface area (TPSA) is 90.9 Å². The van der Waals surface area contributed by atoms with Crippen molar-refractivity contribution in [1.29, 1.82) is 0 Å². The monoisotopic (exact) mass is 970 g/mol. The molecule has 2 amide bonds. The van der Waals surface area contributed by atoms with Gasteiger partial charge in [0.2, 0.25) is 22.8 Å². The van der Waals surface area contributed by atoms with Crippen LogP contribution in [-0.4, -0.2) is 50.2 Å². The maximum absolute atomic E-state index is 12.6. The highest BCUT2D eigenvalue weighted by Crippen LogP contribution is 2.56. The van der Waals surface area contributed by atoms with Gasteiger partial charge in [0.1, 0.15) is 36.8 Å². The molecule has 10 nitrogen and oxygen atoms in total. The van der Waals surface area contributed by atoms with Crippen molar-refractivity contribution in [2.75, 3.05) is 36.0 Å². The van der Waals surface area contributed by atoms with Crippen LogP contribution < -0.4 is 39.0 Å². The SMILES string of the molecule is O=C(CCCCC[n+]1ccc2c3c(cccc31)OC1CCN3C(=C21)Sc1ccccc13)NCCCCCCNC(=O)CCCCC[n+]1ccc2c3c(cccc31)OC1CCN3C(=C21)Sc1ccccc13. The number of thioether (sulfide) groups is 2. The van der Waals surface area contributed by atoms with Gasteiger partial charge in [0, 0.05) is 121 Å². The van der Waals surface area contributed by atoms with Gasteiger partial charge in [0.25, 0.3) is 0 Å². The summed E-state index contributed by atoms with van der Waals surface area (Å²) in [6.07, 6.45) is 17.6. The van der Waals surface area contributed by atoms with Crippen molar-refractivity contribution < 1.29 is 28.2 Å². The van der Waals surface area contributed by atoms with Crippen LogP contribution in [0.3, 0.4) is 0 Å². The number of hydrogen-bond acceptors (Lipinski definition) is 8. The van der Waals surface area contributed by atoms with E-state index in [0.717, 1.165) is 115 Å². The number of para-hydroxylation sites is 2. The highest BCUT2D eigenvalue weighted by Gasteiger charge is 2.42. The molecule has 12 heteroatoms. The van der Waals surface area contributed by atoms with Crippen LogP contribution in [0, 0.1) is 0 Å². The zero-order valence-corrected chi connectivity index (χ0v) is 41.6. The smallest absolute Gasteiger partial charge is 0.219 e. The Balaban J connectivity index is 0.521. The summed E-state index contributed by atoms with van der Waals surface area (Å²) in [5, 5.41) is 11.3. The molecule has 2 N–H and O–H groups in total. The number of fused-ring (bicyclic) bond motifs is 10. The number of unbranched alkanes of at least 4 members (excludes halogenated alkanes) is 7. The summed E-state index contributed by atoms with van der Waals surface area (Å²) >= 11 is 3.75. The van der Waals surface area contributed by atoms with Crippen molar-refractivity contribution in [1.82, 2.24) is 10.6 Å². The van der Waals surface area contributed by atoms with Crippen molar-refractivity contribution in [3.05, 3.63) is 131 Å². The van der Waals surface area contributed by atoms with Crippen LogP contribution in [0.15, 0.2) is 129 Å². The van der Waals surface area contributed by atoms with E-state index < -0.39 is 0 Å². The third-order valence-electron chi connectivity index (χ3n) is 15.0. The van der Waals surface area contributed by atoms with Crippen molar-refractivity contribution in [2.24, 2.45) is 0 Å². The predicted octanol–water partition coefficient (Wildman–Crippen LogP) is 11.1. The van der Waals surface area contributed by atoms with E-state index in [9.17, 15) is 9.59 Å². The molecule has 2 atom stereocenters. The molecule has 6 aromatic rings. The second-order valence-electron chi connectivity index (χ2n) is 19.6. The van der Waals surface area contributed by atoms with E-state index in [4.69, 9.17) is 9.47 Å². The van der Waals surface area contributed by atoms with Gasteiger partial charge in [-0.2, -0.15) is 9.13 Å². The van der Waals surface area contributed by atoms with Crippen molar-refractivity contribution in [3.63, 3.8) is 0 Å². The molecule has 0 saturated carbocycles. The maximum atomic E-state index is 12.6. The summed E-state index contributed by atoms with van der Waals surface area (Å²) in [6.45, 7) is 5.18. The van der Waals surface area contributed by atoms with Gasteiger partial charge in [-0.25, -0.2) is 0 Å². The van der Waals surface area contributed by atoms with E-state index >= 15 is 0 Å². The maximum Gasteiger partial charge on any atom is 0.219 e. The van der Waals surface area contributed by atoms with Crippen LogP contribution in [0.2, 0.25) is 0 Å². The number of carbonyl (C=O) groups is 2. The number of nitrogens with one attached hydrogen (secondary N) is 2. The molecular weight excluding hydrogens is 909 g/mol. The second kappa shape index (κ2) is 20.0. The third kappa shape index (κ3) is 8.69. The van der Waals surface area contributed by atoms with Crippen LogP contribution in [0.25, 0.3) is 33.0 Å². The number of anilines is 2. The van der Waals surface area contributed by atoms with Gasteiger partial charge in [-0.1, -0.05) is 72.8 Å². The first-order chi connectivity index (χ1) is 34.6. The molecule has 0 saturated heterocycles. The van der Waals surface area contributed by atoms with Gasteiger partial charge in [0.15, 0.2) is 12.4 Å². The first kappa shape index (κ1) is 45.2. The molecule has 12 rings (SSSR count). The lowest BCUT2D eigenvalue weighted by molar-refractivity contribution is -0.672. The minimum Gasteiger partial charge on any atom is -0.485 e. The standard InChI is InChI=1S/C58H60N6O4S2/c65-51(25-5-3-13-33-61-35-27-39-53-43(61)19-15-21-45(53)67-47-29-37-63-41-17-7-9-23-49(41)69-57(63)55(39)47)59-31-11-1-2-12-32-60-52(66)26-6-4-14-34-62-36-28-40-54-44(62)20-16-22-46(54)68-48-30-38-64-42-18-8-10-24-50(42)70-58(64)56(40)48/h7-10,15-24,27-28,35-36,47-48H,1-6,11-14,25-26,29-34,37-38H2/p+2. The average Bonchev–Trinajstić information content (AvgIpc) is 3.96. The van der Waals surface area contributed by atoms with Crippen molar-refractivity contribution in [2.45, 2.75) is 125 Å². The molecule has 2 aromatic heterocycles. The lowest BCUT2D eigenvalue weighted by Gasteiger charge is -2.37. The molecule has 6 aliphatic rings. The predicted molar refractivity (Wildman–Crippen MR) is 281 cm³/mol. The molecule has 4 aromatic carbocycles. The summed E-state index contributed by atoms with van der Waals surface area (Å²) in [6, 6.07) is 35.0. The number of benzene rings is 4. The summed E-state index contributed by atoms with van der Waals surface area (Å²) in [5.74, 6) is 2.26. The van der Waals surface area contributed by atoms with E-state index in [1.165, 1.54) is 75.3 Å². The van der Waals surface area contributed by atoms with Crippen molar-refractivity contribution >= 4 is 79.7 Å². The Hall–Kier alpha value is -5.98. The van der Waals surface area contributed by atoms with E-state index in [2.05, 4.69) is 139 Å². The minimum atomic E-state index is 0.0775. The summed E-state index contributed by atoms with van der Waals surface area (Å²) in [4.78, 5) is 32.9. The lowest BCUT2D eigenvalue weighted by Crippen LogP contribution is -2.38. The highest BCUT2D eigenvalue weighted by molar-refractivity contribution is 8.04. The normalized spacial score (nSPS) is 17.9. The van der Waals surface area contributed by atoms with E-state index in [0.29, 0.717) is 25.9 Å². The van der Waals surface area contributed by atoms with Gasteiger partial charge in [-0.3, -0.25) is 9.59 Å². The van der Waals surface area contributed by atoms with Crippen LogP contribution in [-0.2, 0) is 22.7 Å². The molecular formula is C58H62N6O4S2+2. The Labute approximate surface area is 419 Å². The molecule has 358 valence electrons. The third-order valence-corrected chi connectivity index (χ3v) is 17.4. The average molecular weight is 971 g/mol. The number of amides is 2. The lowest BCUT2D eigenvalue weighted by atomic mass is 9.90. The van der Waals surface area contributed by atoms with Crippen LogP contribution in [0.5, 0.6) is 11.5 Å². The summed E-state index contributed by atoms with van der Waals surface area (Å²) in [7, 11) is 0. The molecule has 2 unspecified atom stereocenters. The number of hydrogen-bond donors (Lipinski definition) is 2. The molecule has 0 aliphatic carbocycles. The number of nitrogens with zero attached hydrogens (tertiary/aromatic N) is 4. The fourth-order valence-corrected chi connectivity index (χ4v) is 14.1. The first-order valence-electron chi connectivity index (χ1n) is 25.9. The summed E-state index contributed by atoms with van der Waals surface area (Å²) < 4.78 is 18.1. The van der Waals surface area contributed by atoms with Crippen LogP contribution in [0.1, 0.15) is 101 Å². The van der Waals surface area contributed by atoms with E-state index in [-0.39, 0.29) is 24.0 Å². The number of carbonyl (C=O) groups excluding carboxylic acids is 2. The van der Waals surface area contributed by atoms with E-state index in [1.54, 1.807) is 0 Å². The number of rotatable bonds is 19. The second-order valence-corrected chi connectivity index (χ2v) is 21.6. The Bertz CT molecular complexity index is 2870. The fourth-order valence-electron chi connectivity index (χ4n) is 11.6. The molecule has 6 aliphatic heterocycles. The zero-order valence-electron chi connectivity index (χ0n) is 39.9. The fraction of sp³-hybridized carbons (Fsp3) is 0.379. The Morgan fingerprint density at radius 3 is 1.47 bits per heavy atom. The Morgan fingerprint density at radius 2 is 0.986 bits per heavy atom. The van der Waals surface area contributed by atoms with Gasteiger partial charge < -0.3 is 29.9 Å². The van der Waals surface area contributed by atoms with Gasteiger partial charge in [-0.05, 0) is 74.9 Å². The zero-order chi connectivity index (χ0) is 47.0. The Morgan fingerprint density at radius 1 is 0.529 bits per heavy atom. The quantitative estimate of drug-likeness (QED) is 0.0613. The van der Waals surface area contributed by atoms with Gasteiger partial charge in [-0.15, -0.1) is 0 Å². The van der Waals surface area contributed by atoms with Crippen molar-refractivity contribution in [3.8, 4) is 11.5 Å². The van der Waals surface area contributed by atoms with Crippen LogP contribution >= 0.6 is 23.5 Å².